The molecule has 1 unspecified atom stereocenters. The van der Waals surface area contributed by atoms with Gasteiger partial charge in [0, 0.05) is 21.5 Å². The van der Waals surface area contributed by atoms with Gasteiger partial charge in [0.15, 0.2) is 0 Å². The van der Waals surface area contributed by atoms with Crippen molar-refractivity contribution >= 4 is 23.4 Å². The maximum atomic E-state index is 13.0. The average Bonchev–Trinajstić information content (AvgIpc) is 2.43. The summed E-state index contributed by atoms with van der Waals surface area (Å²) >= 11 is 0. The largest absolute Gasteiger partial charge is 0.507 e. The molecule has 0 saturated heterocycles. The maximum Gasteiger partial charge on any atom is 0.238 e. The lowest BCUT2D eigenvalue weighted by molar-refractivity contribution is 0.445. The number of fused-ring (bicyclic) bond motifs is 1. The Morgan fingerprint density at radius 1 is 1.05 bits per heavy atom. The molecule has 5 heteroatoms. The number of phenols is 2. The van der Waals surface area contributed by atoms with E-state index in [2.05, 4.69) is 0 Å². The smallest absolute Gasteiger partial charge is 0.238 e. The highest BCUT2D eigenvalue weighted by molar-refractivity contribution is 7.67. The molecule has 22 heavy (non-hydrogen) atoms. The van der Waals surface area contributed by atoms with Gasteiger partial charge in [-0.1, -0.05) is 58.4 Å². The highest BCUT2D eigenvalue weighted by Gasteiger charge is 2.41. The lowest BCUT2D eigenvalue weighted by Gasteiger charge is -2.29. The number of hydrogen-bond acceptors (Lipinski definition) is 3. The molecule has 3 N–H and O–H groups in total. The predicted octanol–water partition coefficient (Wildman–Crippen LogP) is 3.90. The van der Waals surface area contributed by atoms with Crippen molar-refractivity contribution in [1.29, 1.82) is 0 Å². The van der Waals surface area contributed by atoms with Gasteiger partial charge in [0.1, 0.15) is 11.5 Å². The minimum atomic E-state index is -3.87. The molecule has 2 rings (SSSR count). The van der Waals surface area contributed by atoms with E-state index in [1.165, 1.54) is 0 Å². The molecule has 120 valence electrons. The monoisotopic (exact) mass is 322 g/mol. The summed E-state index contributed by atoms with van der Waals surface area (Å²) in [7, 11) is -3.87. The molecule has 0 aliphatic rings. The first-order valence-electron chi connectivity index (χ1n) is 7.42. The van der Waals surface area contributed by atoms with Crippen molar-refractivity contribution in [2.45, 2.75) is 45.7 Å². The molecule has 0 radical (unpaired) electrons. The van der Waals surface area contributed by atoms with E-state index in [-0.39, 0.29) is 16.8 Å². The van der Waals surface area contributed by atoms with Crippen LogP contribution in [0.5, 0.6) is 11.5 Å². The van der Waals surface area contributed by atoms with Gasteiger partial charge in [0.05, 0.1) is 5.30 Å². The second-order valence-corrected chi connectivity index (χ2v) is 9.51. The predicted molar refractivity (Wildman–Crippen MR) is 90.5 cm³/mol. The van der Waals surface area contributed by atoms with Crippen LogP contribution in [0.25, 0.3) is 10.8 Å². The molecule has 0 fully saturated rings. The zero-order chi connectivity index (χ0) is 16.7. The van der Waals surface area contributed by atoms with E-state index in [9.17, 15) is 19.7 Å². The molecular formula is C17H23O4P. The van der Waals surface area contributed by atoms with Crippen molar-refractivity contribution in [3.05, 3.63) is 29.8 Å². The first-order valence-corrected chi connectivity index (χ1v) is 9.07. The van der Waals surface area contributed by atoms with E-state index in [0.29, 0.717) is 29.2 Å². The van der Waals surface area contributed by atoms with Crippen molar-refractivity contribution in [2.75, 3.05) is 0 Å². The van der Waals surface area contributed by atoms with Gasteiger partial charge in [-0.25, -0.2) is 0 Å². The molecule has 2 aromatic rings. The zero-order valence-corrected chi connectivity index (χ0v) is 14.3. The van der Waals surface area contributed by atoms with Crippen molar-refractivity contribution in [3.63, 3.8) is 0 Å². The fraction of sp³-hybridized carbons (Fsp3) is 0.412. The average molecular weight is 322 g/mol. The van der Waals surface area contributed by atoms with Crippen molar-refractivity contribution in [3.8, 4) is 11.5 Å². The lowest BCUT2D eigenvalue weighted by Crippen LogP contribution is -2.26. The van der Waals surface area contributed by atoms with Crippen LogP contribution >= 0.6 is 7.37 Å². The second-order valence-electron chi connectivity index (χ2n) is 6.57. The Kier molecular flexibility index (Phi) is 4.29. The Morgan fingerprint density at radius 3 is 2.00 bits per heavy atom. The Labute approximate surface area is 130 Å². The Morgan fingerprint density at radius 2 is 1.55 bits per heavy atom. The van der Waals surface area contributed by atoms with Crippen LogP contribution in [-0.2, 0) is 11.0 Å². The third kappa shape index (κ3) is 2.51. The Balaban J connectivity index is 2.97. The van der Waals surface area contributed by atoms with E-state index in [1.54, 1.807) is 45.0 Å². The molecule has 0 amide bonds. The van der Waals surface area contributed by atoms with Crippen LogP contribution < -0.4 is 5.30 Å². The van der Waals surface area contributed by atoms with Crippen LogP contribution in [0, 0.1) is 0 Å². The van der Waals surface area contributed by atoms with Gasteiger partial charge in [0.2, 0.25) is 7.37 Å². The summed E-state index contributed by atoms with van der Waals surface area (Å²) in [4.78, 5) is 10.7. The quantitative estimate of drug-likeness (QED) is 0.591. The van der Waals surface area contributed by atoms with Gasteiger partial charge in [-0.3, -0.25) is 4.57 Å². The summed E-state index contributed by atoms with van der Waals surface area (Å²) in [6.45, 7) is 6.91. The first kappa shape index (κ1) is 16.9. The molecule has 0 heterocycles. The van der Waals surface area contributed by atoms with Gasteiger partial charge < -0.3 is 15.1 Å². The van der Waals surface area contributed by atoms with E-state index < -0.39 is 12.5 Å². The Bertz CT molecular complexity index is 759. The summed E-state index contributed by atoms with van der Waals surface area (Å²) in [6.07, 6.45) is 1.13. The van der Waals surface area contributed by atoms with Crippen LogP contribution in [0.3, 0.4) is 0 Å². The number of phenolic OH excluding ortho intramolecular Hbond substituents is 2. The molecule has 0 aromatic heterocycles. The summed E-state index contributed by atoms with van der Waals surface area (Å²) in [6, 6.07) is 6.84. The van der Waals surface area contributed by atoms with Gasteiger partial charge in [-0.05, 0) is 6.42 Å². The van der Waals surface area contributed by atoms with Crippen LogP contribution in [0.15, 0.2) is 24.3 Å². The number of hydrogen-bond donors (Lipinski definition) is 3. The summed E-state index contributed by atoms with van der Waals surface area (Å²) in [5, 5.41) is 21.2. The normalized spacial score (nSPS) is 15.0. The summed E-state index contributed by atoms with van der Waals surface area (Å²) in [5.74, 6) is -0.207. The molecular weight excluding hydrogens is 299 g/mol. The molecule has 0 spiro atoms. The molecule has 0 aliphatic heterocycles. The summed E-state index contributed by atoms with van der Waals surface area (Å²) in [5.41, 5.74) is 0.374. The number of aromatic hydroxyl groups is 2. The fourth-order valence-electron chi connectivity index (χ4n) is 2.59. The van der Waals surface area contributed by atoms with Crippen LogP contribution in [-0.4, -0.2) is 20.3 Å². The first-order chi connectivity index (χ1) is 10.1. The van der Waals surface area contributed by atoms with Crippen LogP contribution in [0.4, 0.5) is 0 Å². The van der Waals surface area contributed by atoms with Crippen LogP contribution in [0.1, 0.15) is 39.7 Å². The number of benzene rings is 2. The zero-order valence-electron chi connectivity index (χ0n) is 13.4. The molecule has 2 aromatic carbocycles. The SMILES string of the molecule is CCCc1c(P(=O)(O)C(C)(C)C)c(O)c2ccccc2c1O. The molecule has 0 aliphatic carbocycles. The van der Waals surface area contributed by atoms with Crippen molar-refractivity contribution in [2.24, 2.45) is 0 Å². The molecule has 1 atom stereocenters. The van der Waals surface area contributed by atoms with Gasteiger partial charge in [0.25, 0.3) is 0 Å². The number of rotatable bonds is 3. The Hall–Kier alpha value is -1.51. The van der Waals surface area contributed by atoms with Crippen molar-refractivity contribution < 1.29 is 19.7 Å². The second kappa shape index (κ2) is 5.60. The highest BCUT2D eigenvalue weighted by atomic mass is 31.2. The van der Waals surface area contributed by atoms with Gasteiger partial charge in [-0.2, -0.15) is 0 Å². The fourth-order valence-corrected chi connectivity index (χ4v) is 4.25. The van der Waals surface area contributed by atoms with Crippen LogP contribution in [0.2, 0.25) is 0 Å². The van der Waals surface area contributed by atoms with Gasteiger partial charge >= 0.3 is 0 Å². The minimum absolute atomic E-state index is 0.00181. The molecule has 0 bridgehead atoms. The third-order valence-electron chi connectivity index (χ3n) is 3.95. The van der Waals surface area contributed by atoms with E-state index in [4.69, 9.17) is 0 Å². The van der Waals surface area contributed by atoms with E-state index >= 15 is 0 Å². The maximum absolute atomic E-state index is 13.0. The lowest BCUT2D eigenvalue weighted by atomic mass is 10.0. The van der Waals surface area contributed by atoms with Crippen molar-refractivity contribution in [1.82, 2.24) is 0 Å². The topological polar surface area (TPSA) is 77.8 Å². The van der Waals surface area contributed by atoms with Gasteiger partial charge in [-0.15, -0.1) is 0 Å². The standard InChI is InChI=1S/C17H23O4P/c1-5-8-13-14(18)11-9-6-7-10-12(11)15(19)16(13)22(20,21)17(2,3)4/h6-7,9-10,18-19H,5,8H2,1-4H3,(H,20,21). The highest BCUT2D eigenvalue weighted by Crippen LogP contribution is 2.57. The van der Waals surface area contributed by atoms with E-state index in [0.717, 1.165) is 0 Å². The third-order valence-corrected chi connectivity index (χ3v) is 6.85. The molecule has 0 saturated carbocycles. The molecule has 4 nitrogen and oxygen atoms in total. The summed E-state index contributed by atoms with van der Waals surface area (Å²) < 4.78 is 13.0. The minimum Gasteiger partial charge on any atom is -0.507 e. The van der Waals surface area contributed by atoms with E-state index in [1.807, 2.05) is 6.92 Å².